The molecule has 0 aromatic carbocycles. The van der Waals surface area contributed by atoms with Gasteiger partial charge in [0.2, 0.25) is 5.91 Å². The molecular weight excluding hydrogens is 264 g/mol. The van der Waals surface area contributed by atoms with Crippen LogP contribution in [0, 0.1) is 12.3 Å². The SMILES string of the molecule is Cc1csc(=O)n1CCC(=O)NCC(O)C(C)(C)C. The summed E-state index contributed by atoms with van der Waals surface area (Å²) in [6, 6.07) is 0. The molecule has 0 saturated heterocycles. The van der Waals surface area contributed by atoms with Crippen LogP contribution in [0.1, 0.15) is 32.9 Å². The first-order valence-corrected chi connectivity index (χ1v) is 7.19. The topological polar surface area (TPSA) is 71.3 Å². The molecule has 1 aromatic heterocycles. The summed E-state index contributed by atoms with van der Waals surface area (Å²) in [6.45, 7) is 8.21. The summed E-state index contributed by atoms with van der Waals surface area (Å²) >= 11 is 1.14. The lowest BCUT2D eigenvalue weighted by Crippen LogP contribution is -2.39. The van der Waals surface area contributed by atoms with Gasteiger partial charge in [-0.25, -0.2) is 0 Å². The second-order valence-electron chi connectivity index (χ2n) is 5.73. The minimum atomic E-state index is -0.581. The number of thiazole rings is 1. The van der Waals surface area contributed by atoms with Crippen molar-refractivity contribution in [2.75, 3.05) is 6.54 Å². The van der Waals surface area contributed by atoms with Crippen LogP contribution in [-0.4, -0.2) is 28.2 Å². The number of aromatic nitrogens is 1. The predicted octanol–water partition coefficient (Wildman–Crippen LogP) is 1.13. The maximum Gasteiger partial charge on any atom is 0.307 e. The lowest BCUT2D eigenvalue weighted by atomic mass is 9.89. The third-order valence-corrected chi connectivity index (χ3v) is 3.91. The van der Waals surface area contributed by atoms with Crippen molar-refractivity contribution in [2.24, 2.45) is 5.41 Å². The third-order valence-electron chi connectivity index (χ3n) is 3.03. The second kappa shape index (κ2) is 6.34. The van der Waals surface area contributed by atoms with Gasteiger partial charge >= 0.3 is 4.87 Å². The number of carbonyl (C=O) groups is 1. The Labute approximate surface area is 117 Å². The molecule has 0 saturated carbocycles. The lowest BCUT2D eigenvalue weighted by molar-refractivity contribution is -0.122. The van der Waals surface area contributed by atoms with Crippen LogP contribution in [0.4, 0.5) is 0 Å². The first-order chi connectivity index (χ1) is 8.71. The van der Waals surface area contributed by atoms with Crippen molar-refractivity contribution in [3.05, 3.63) is 20.7 Å². The van der Waals surface area contributed by atoms with Gasteiger partial charge in [-0.1, -0.05) is 32.1 Å². The van der Waals surface area contributed by atoms with Crippen LogP contribution in [0.25, 0.3) is 0 Å². The van der Waals surface area contributed by atoms with Crippen LogP contribution in [0.5, 0.6) is 0 Å². The summed E-state index contributed by atoms with van der Waals surface area (Å²) in [5.41, 5.74) is 0.617. The van der Waals surface area contributed by atoms with Crippen molar-refractivity contribution >= 4 is 17.2 Å². The zero-order valence-corrected chi connectivity index (χ0v) is 12.7. The summed E-state index contributed by atoms with van der Waals surface area (Å²) < 4.78 is 1.59. The van der Waals surface area contributed by atoms with Gasteiger partial charge < -0.3 is 15.0 Å². The van der Waals surface area contributed by atoms with Crippen LogP contribution < -0.4 is 10.2 Å². The van der Waals surface area contributed by atoms with E-state index >= 15 is 0 Å². The van der Waals surface area contributed by atoms with Crippen molar-refractivity contribution in [1.82, 2.24) is 9.88 Å². The molecule has 1 atom stereocenters. The van der Waals surface area contributed by atoms with Crippen LogP contribution in [-0.2, 0) is 11.3 Å². The summed E-state index contributed by atoms with van der Waals surface area (Å²) in [5, 5.41) is 14.3. The Bertz CT molecular complexity index is 485. The van der Waals surface area contributed by atoms with Crippen LogP contribution in [0.3, 0.4) is 0 Å². The molecule has 1 rings (SSSR count). The summed E-state index contributed by atoms with van der Waals surface area (Å²) in [4.78, 5) is 23.1. The molecule has 0 radical (unpaired) electrons. The maximum absolute atomic E-state index is 11.7. The Morgan fingerprint density at radius 2 is 2.16 bits per heavy atom. The van der Waals surface area contributed by atoms with Crippen LogP contribution in [0.15, 0.2) is 10.2 Å². The van der Waals surface area contributed by atoms with Crippen LogP contribution in [0.2, 0.25) is 0 Å². The number of nitrogens with one attached hydrogen (secondary N) is 1. The van der Waals surface area contributed by atoms with E-state index in [1.165, 1.54) is 0 Å². The number of carbonyl (C=O) groups excluding carboxylic acids is 1. The van der Waals surface area contributed by atoms with Crippen molar-refractivity contribution in [2.45, 2.75) is 46.8 Å². The monoisotopic (exact) mass is 286 g/mol. The lowest BCUT2D eigenvalue weighted by Gasteiger charge is -2.25. The van der Waals surface area contributed by atoms with Gasteiger partial charge in [0.05, 0.1) is 6.10 Å². The molecule has 5 nitrogen and oxygen atoms in total. The van der Waals surface area contributed by atoms with E-state index in [2.05, 4.69) is 5.32 Å². The number of aryl methyl sites for hydroxylation is 1. The van der Waals surface area contributed by atoms with Crippen molar-refractivity contribution in [1.29, 1.82) is 0 Å². The highest BCUT2D eigenvalue weighted by Gasteiger charge is 2.22. The minimum absolute atomic E-state index is 0.0416. The maximum atomic E-state index is 11.7. The molecule has 1 unspecified atom stereocenters. The van der Waals surface area contributed by atoms with Gasteiger partial charge in [0.1, 0.15) is 0 Å². The zero-order valence-electron chi connectivity index (χ0n) is 11.9. The van der Waals surface area contributed by atoms with Gasteiger partial charge in [0, 0.05) is 30.6 Å². The van der Waals surface area contributed by atoms with E-state index < -0.39 is 6.10 Å². The molecule has 19 heavy (non-hydrogen) atoms. The van der Waals surface area contributed by atoms with E-state index in [9.17, 15) is 14.7 Å². The summed E-state index contributed by atoms with van der Waals surface area (Å²) in [7, 11) is 0. The summed E-state index contributed by atoms with van der Waals surface area (Å²) in [6.07, 6.45) is -0.337. The first-order valence-electron chi connectivity index (χ1n) is 6.31. The van der Waals surface area contributed by atoms with Crippen molar-refractivity contribution in [3.8, 4) is 0 Å². The first kappa shape index (κ1) is 15.9. The molecule has 0 spiro atoms. The highest BCUT2D eigenvalue weighted by atomic mass is 32.1. The molecular formula is C13H22N2O3S. The molecule has 0 aliphatic heterocycles. The zero-order chi connectivity index (χ0) is 14.6. The Kier molecular flexibility index (Phi) is 5.31. The van der Waals surface area contributed by atoms with Gasteiger partial charge in [-0.05, 0) is 12.3 Å². The van der Waals surface area contributed by atoms with Gasteiger partial charge in [0.15, 0.2) is 0 Å². The fourth-order valence-electron chi connectivity index (χ4n) is 1.49. The molecule has 108 valence electrons. The van der Waals surface area contributed by atoms with Gasteiger partial charge in [0.25, 0.3) is 0 Å². The minimum Gasteiger partial charge on any atom is -0.391 e. The predicted molar refractivity (Wildman–Crippen MR) is 76.4 cm³/mol. The van der Waals surface area contributed by atoms with Gasteiger partial charge in [-0.3, -0.25) is 9.59 Å². The molecule has 1 amide bonds. The number of rotatable bonds is 5. The fourth-order valence-corrected chi connectivity index (χ4v) is 2.25. The van der Waals surface area contributed by atoms with E-state index in [1.807, 2.05) is 27.7 Å². The molecule has 0 aliphatic carbocycles. The van der Waals surface area contributed by atoms with E-state index in [1.54, 1.807) is 9.95 Å². The second-order valence-corrected chi connectivity index (χ2v) is 6.55. The Morgan fingerprint density at radius 3 is 2.63 bits per heavy atom. The van der Waals surface area contributed by atoms with Crippen molar-refractivity contribution < 1.29 is 9.90 Å². The van der Waals surface area contributed by atoms with Gasteiger partial charge in [-0.2, -0.15) is 0 Å². The average molecular weight is 286 g/mol. The molecule has 2 N–H and O–H groups in total. The molecule has 0 aliphatic rings. The highest BCUT2D eigenvalue weighted by molar-refractivity contribution is 7.07. The third kappa shape index (κ3) is 4.80. The molecule has 6 heteroatoms. The largest absolute Gasteiger partial charge is 0.391 e. The van der Waals surface area contributed by atoms with E-state index in [0.29, 0.717) is 6.54 Å². The number of hydrogen-bond donors (Lipinski definition) is 2. The smallest absolute Gasteiger partial charge is 0.307 e. The highest BCUT2D eigenvalue weighted by Crippen LogP contribution is 2.18. The van der Waals surface area contributed by atoms with E-state index in [-0.39, 0.29) is 29.2 Å². The number of aliphatic hydroxyl groups excluding tert-OH is 1. The van der Waals surface area contributed by atoms with Gasteiger partial charge in [-0.15, -0.1) is 0 Å². The Morgan fingerprint density at radius 1 is 1.53 bits per heavy atom. The Hall–Kier alpha value is -1.14. The van der Waals surface area contributed by atoms with Crippen LogP contribution >= 0.6 is 11.3 Å². The molecule has 1 aromatic rings. The molecule has 0 fully saturated rings. The van der Waals surface area contributed by atoms with E-state index in [4.69, 9.17) is 0 Å². The molecule has 1 heterocycles. The number of hydrogen-bond acceptors (Lipinski definition) is 4. The number of amides is 1. The number of nitrogens with zero attached hydrogens (tertiary/aromatic N) is 1. The normalized spacial score (nSPS) is 13.3. The average Bonchev–Trinajstić information content (AvgIpc) is 2.62. The van der Waals surface area contributed by atoms with Crippen molar-refractivity contribution in [3.63, 3.8) is 0 Å². The Balaban J connectivity index is 2.39. The standard InChI is InChI=1S/C13H22N2O3S/c1-9-8-19-12(18)15(9)6-5-11(17)14-7-10(16)13(2,3)4/h8,10,16H,5-7H2,1-4H3,(H,14,17). The number of aliphatic hydroxyl groups is 1. The van der Waals surface area contributed by atoms with E-state index in [0.717, 1.165) is 17.0 Å². The summed E-state index contributed by atoms with van der Waals surface area (Å²) in [5.74, 6) is -0.152. The fraction of sp³-hybridized carbons (Fsp3) is 0.692. The quantitative estimate of drug-likeness (QED) is 0.852. The molecule has 0 bridgehead atoms.